The summed E-state index contributed by atoms with van der Waals surface area (Å²) in [6.07, 6.45) is 0. The zero-order valence-corrected chi connectivity index (χ0v) is 9.30. The van der Waals surface area contributed by atoms with E-state index >= 15 is 0 Å². The average molecular weight is 240 g/mol. The van der Waals surface area contributed by atoms with Gasteiger partial charge in [0.1, 0.15) is 0 Å². The van der Waals surface area contributed by atoms with Crippen LogP contribution in [0.15, 0.2) is 18.2 Å². The molecule has 6 heteroatoms. The molecule has 0 aliphatic carbocycles. The van der Waals surface area contributed by atoms with Crippen molar-refractivity contribution in [2.45, 2.75) is 0 Å². The second-order valence-corrected chi connectivity index (χ2v) is 3.72. The summed E-state index contributed by atoms with van der Waals surface area (Å²) in [5.41, 5.74) is 12.1. The van der Waals surface area contributed by atoms with E-state index in [2.05, 4.69) is 0 Å². The number of anilines is 2. The highest BCUT2D eigenvalue weighted by Gasteiger charge is 2.12. The van der Waals surface area contributed by atoms with E-state index < -0.39 is 11.9 Å². The van der Waals surface area contributed by atoms with Crippen LogP contribution < -0.4 is 11.5 Å². The molecule has 1 aromatic rings. The van der Waals surface area contributed by atoms with Crippen LogP contribution in [-0.2, 0) is 4.74 Å². The molecule has 0 saturated carbocycles. The lowest BCUT2D eigenvalue weighted by Crippen LogP contribution is -2.20. The van der Waals surface area contributed by atoms with Gasteiger partial charge < -0.3 is 26.4 Å². The lowest BCUT2D eigenvalue weighted by atomic mass is 10.1. The molecular formula is C11H16N2O4. The van der Waals surface area contributed by atoms with Crippen molar-refractivity contribution >= 4 is 17.3 Å². The van der Waals surface area contributed by atoms with E-state index in [4.69, 9.17) is 26.4 Å². The van der Waals surface area contributed by atoms with E-state index in [1.165, 1.54) is 18.2 Å². The minimum Gasteiger partial charge on any atom is -0.462 e. The third kappa shape index (κ3) is 3.93. The number of aliphatic hydroxyl groups is 2. The number of carbonyl (C=O) groups is 1. The molecule has 0 heterocycles. The molecule has 0 atom stereocenters. The molecule has 6 N–H and O–H groups in total. The number of benzene rings is 1. The van der Waals surface area contributed by atoms with E-state index in [1.807, 2.05) is 0 Å². The summed E-state index contributed by atoms with van der Waals surface area (Å²) in [7, 11) is 0. The third-order valence-electron chi connectivity index (χ3n) is 2.18. The van der Waals surface area contributed by atoms with E-state index in [-0.39, 0.29) is 25.4 Å². The molecule has 0 bridgehead atoms. The molecule has 0 aliphatic rings. The van der Waals surface area contributed by atoms with Gasteiger partial charge in [0.15, 0.2) is 0 Å². The molecule has 0 saturated heterocycles. The van der Waals surface area contributed by atoms with Crippen molar-refractivity contribution in [2.75, 3.05) is 31.3 Å². The second kappa shape index (κ2) is 6.07. The number of nitrogens with two attached hydrogens (primary N) is 2. The van der Waals surface area contributed by atoms with Crippen LogP contribution in [0.4, 0.5) is 11.4 Å². The van der Waals surface area contributed by atoms with E-state index in [1.54, 1.807) is 0 Å². The normalized spacial score (nSPS) is 10.5. The molecule has 1 rings (SSSR count). The van der Waals surface area contributed by atoms with E-state index in [9.17, 15) is 4.79 Å². The molecule has 17 heavy (non-hydrogen) atoms. The number of esters is 1. The quantitative estimate of drug-likeness (QED) is 0.411. The van der Waals surface area contributed by atoms with Gasteiger partial charge >= 0.3 is 5.97 Å². The highest BCUT2D eigenvalue weighted by Crippen LogP contribution is 2.14. The van der Waals surface area contributed by atoms with Gasteiger partial charge in [0.25, 0.3) is 0 Å². The predicted octanol–water partition coefficient (Wildman–Crippen LogP) is -0.391. The molecule has 0 unspecified atom stereocenters. The van der Waals surface area contributed by atoms with Crippen molar-refractivity contribution in [2.24, 2.45) is 5.92 Å². The number of rotatable bonds is 5. The minimum atomic E-state index is -0.587. The third-order valence-corrected chi connectivity index (χ3v) is 2.18. The number of nitrogen functional groups attached to an aromatic ring is 2. The van der Waals surface area contributed by atoms with Crippen LogP contribution in [-0.4, -0.2) is 36.0 Å². The maximum absolute atomic E-state index is 11.6. The van der Waals surface area contributed by atoms with Crippen molar-refractivity contribution in [1.29, 1.82) is 0 Å². The Labute approximate surface area is 98.8 Å². The Morgan fingerprint density at radius 1 is 1.18 bits per heavy atom. The summed E-state index contributed by atoms with van der Waals surface area (Å²) in [5.74, 6) is -1.06. The van der Waals surface area contributed by atoms with Gasteiger partial charge in [-0.25, -0.2) is 4.79 Å². The first kappa shape index (κ1) is 13.3. The Kier molecular flexibility index (Phi) is 4.74. The van der Waals surface area contributed by atoms with Crippen LogP contribution in [0.2, 0.25) is 0 Å². The Bertz CT molecular complexity index is 371. The van der Waals surface area contributed by atoms with Crippen molar-refractivity contribution in [3.63, 3.8) is 0 Å². The fraction of sp³-hybridized carbons (Fsp3) is 0.364. The van der Waals surface area contributed by atoms with Gasteiger partial charge in [0.05, 0.1) is 25.4 Å². The highest BCUT2D eigenvalue weighted by atomic mass is 16.5. The fourth-order valence-corrected chi connectivity index (χ4v) is 1.23. The first-order valence-electron chi connectivity index (χ1n) is 5.11. The van der Waals surface area contributed by atoms with Gasteiger partial charge in [-0.2, -0.15) is 0 Å². The smallest absolute Gasteiger partial charge is 0.338 e. The summed E-state index contributed by atoms with van der Waals surface area (Å²) in [6, 6.07) is 4.43. The van der Waals surface area contributed by atoms with Gasteiger partial charge in [-0.3, -0.25) is 0 Å². The molecule has 0 aromatic heterocycles. The SMILES string of the molecule is Nc1cc(N)cc(C(=O)OCC(CO)CO)c1. The average Bonchev–Trinajstić information content (AvgIpc) is 2.28. The maximum atomic E-state index is 11.6. The minimum absolute atomic E-state index is 0.0550. The van der Waals surface area contributed by atoms with Crippen molar-refractivity contribution in [1.82, 2.24) is 0 Å². The number of aliphatic hydroxyl groups excluding tert-OH is 2. The zero-order chi connectivity index (χ0) is 12.8. The Balaban J connectivity index is 2.63. The summed E-state index contributed by atoms with van der Waals surface area (Å²) >= 11 is 0. The molecular weight excluding hydrogens is 224 g/mol. The highest BCUT2D eigenvalue weighted by molar-refractivity contribution is 5.91. The van der Waals surface area contributed by atoms with E-state index in [0.717, 1.165) is 0 Å². The fourth-order valence-electron chi connectivity index (χ4n) is 1.23. The molecule has 94 valence electrons. The standard InChI is InChI=1S/C11H16N2O4/c12-9-1-8(2-10(13)3-9)11(16)17-6-7(4-14)5-15/h1-3,7,14-15H,4-6,12-13H2. The van der Waals surface area contributed by atoms with Crippen LogP contribution in [0, 0.1) is 5.92 Å². The van der Waals surface area contributed by atoms with Gasteiger partial charge in [-0.1, -0.05) is 0 Å². The van der Waals surface area contributed by atoms with Crippen molar-refractivity contribution in [3.8, 4) is 0 Å². The summed E-state index contributed by atoms with van der Waals surface area (Å²) in [6.45, 7) is -0.549. The molecule has 0 spiro atoms. The van der Waals surface area contributed by atoms with Crippen molar-refractivity contribution < 1.29 is 19.7 Å². The Hall–Kier alpha value is -1.79. The van der Waals surface area contributed by atoms with Crippen LogP contribution >= 0.6 is 0 Å². The first-order chi connectivity index (χ1) is 8.06. The second-order valence-electron chi connectivity index (χ2n) is 3.72. The Morgan fingerprint density at radius 2 is 1.71 bits per heavy atom. The summed E-state index contributed by atoms with van der Waals surface area (Å²) < 4.78 is 4.91. The summed E-state index contributed by atoms with van der Waals surface area (Å²) in [5, 5.41) is 17.6. The van der Waals surface area contributed by atoms with Crippen LogP contribution in [0.25, 0.3) is 0 Å². The molecule has 6 nitrogen and oxygen atoms in total. The molecule has 1 aromatic carbocycles. The molecule has 0 aliphatic heterocycles. The molecule has 0 radical (unpaired) electrons. The number of hydrogen-bond acceptors (Lipinski definition) is 6. The van der Waals surface area contributed by atoms with Crippen LogP contribution in [0.3, 0.4) is 0 Å². The van der Waals surface area contributed by atoms with Gasteiger partial charge in [-0.15, -0.1) is 0 Å². The molecule has 0 fully saturated rings. The number of ether oxygens (including phenoxy) is 1. The molecule has 0 amide bonds. The summed E-state index contributed by atoms with van der Waals surface area (Å²) in [4.78, 5) is 11.6. The number of carbonyl (C=O) groups excluding carboxylic acids is 1. The Morgan fingerprint density at radius 3 is 2.18 bits per heavy atom. The lowest BCUT2D eigenvalue weighted by Gasteiger charge is -2.11. The maximum Gasteiger partial charge on any atom is 0.338 e. The largest absolute Gasteiger partial charge is 0.462 e. The topological polar surface area (TPSA) is 119 Å². The number of hydrogen-bond donors (Lipinski definition) is 4. The first-order valence-corrected chi connectivity index (χ1v) is 5.11. The van der Waals surface area contributed by atoms with Gasteiger partial charge in [-0.05, 0) is 18.2 Å². The predicted molar refractivity (Wildman–Crippen MR) is 63.2 cm³/mol. The van der Waals surface area contributed by atoms with Crippen LogP contribution in [0.5, 0.6) is 0 Å². The van der Waals surface area contributed by atoms with Gasteiger partial charge in [0, 0.05) is 17.3 Å². The zero-order valence-electron chi connectivity index (χ0n) is 9.30. The van der Waals surface area contributed by atoms with Crippen molar-refractivity contribution in [3.05, 3.63) is 23.8 Å². The monoisotopic (exact) mass is 240 g/mol. The van der Waals surface area contributed by atoms with Gasteiger partial charge in [0.2, 0.25) is 0 Å². The van der Waals surface area contributed by atoms with Crippen LogP contribution in [0.1, 0.15) is 10.4 Å². The lowest BCUT2D eigenvalue weighted by molar-refractivity contribution is 0.0304. The van der Waals surface area contributed by atoms with E-state index in [0.29, 0.717) is 11.4 Å².